The topological polar surface area (TPSA) is 75.7 Å². The van der Waals surface area contributed by atoms with Crippen molar-refractivity contribution in [1.82, 2.24) is 9.88 Å². The van der Waals surface area contributed by atoms with E-state index in [1.165, 1.54) is 17.4 Å². The maximum Gasteiger partial charge on any atom is 0.416 e. The molecule has 2 amide bonds. The third-order valence-electron chi connectivity index (χ3n) is 6.55. The van der Waals surface area contributed by atoms with Gasteiger partial charge in [-0.05, 0) is 48.7 Å². The molecule has 2 N–H and O–H groups in total. The van der Waals surface area contributed by atoms with Crippen molar-refractivity contribution in [2.24, 2.45) is 0 Å². The molecule has 2 aromatic carbocycles. The monoisotopic (exact) mass is 506 g/mol. The average molecular weight is 507 g/mol. The lowest BCUT2D eigenvalue weighted by Crippen LogP contribution is -2.48. The highest BCUT2D eigenvalue weighted by Gasteiger charge is 2.40. The van der Waals surface area contributed by atoms with Crippen LogP contribution in [0.15, 0.2) is 42.5 Å². The standard InChI is InChI=1S/C24H25F3N4O3S/c1-33-23(13-34-14-23)15-2-5-17(6-3-15)29-22(32)31-10-8-18(9-11-31)28-21-30-19-7-4-16(24(25,26)27)12-20(19)35-21/h2-7,12,18H,8-11,13-14H2,1H3,(H,28,30)(H,29,32). The summed E-state index contributed by atoms with van der Waals surface area (Å²) in [6.45, 7) is 2.16. The van der Waals surface area contributed by atoms with E-state index in [9.17, 15) is 18.0 Å². The van der Waals surface area contributed by atoms with E-state index in [4.69, 9.17) is 9.47 Å². The van der Waals surface area contributed by atoms with Crippen molar-refractivity contribution < 1.29 is 27.4 Å². The van der Waals surface area contributed by atoms with Crippen LogP contribution in [0.4, 0.5) is 28.8 Å². The number of urea groups is 1. The number of benzene rings is 2. The van der Waals surface area contributed by atoms with Crippen LogP contribution in [0, 0.1) is 0 Å². The first-order valence-electron chi connectivity index (χ1n) is 11.3. The molecular weight excluding hydrogens is 481 g/mol. The number of carbonyl (C=O) groups excluding carboxylic acids is 1. The molecule has 2 saturated heterocycles. The van der Waals surface area contributed by atoms with Crippen molar-refractivity contribution >= 4 is 38.4 Å². The normalized spacial score (nSPS) is 18.3. The Labute approximate surface area is 204 Å². The highest BCUT2D eigenvalue weighted by Crippen LogP contribution is 2.35. The predicted molar refractivity (Wildman–Crippen MR) is 128 cm³/mol. The zero-order valence-electron chi connectivity index (χ0n) is 19.0. The molecule has 1 aromatic heterocycles. The van der Waals surface area contributed by atoms with Gasteiger partial charge in [-0.15, -0.1) is 0 Å². The third kappa shape index (κ3) is 4.93. The Kier molecular flexibility index (Phi) is 6.32. The molecule has 0 spiro atoms. The van der Waals surface area contributed by atoms with Gasteiger partial charge in [0.15, 0.2) is 5.13 Å². The molecule has 0 atom stereocenters. The number of aromatic nitrogens is 1. The maximum atomic E-state index is 13.0. The van der Waals surface area contributed by atoms with E-state index in [2.05, 4.69) is 15.6 Å². The second-order valence-corrected chi connectivity index (χ2v) is 9.83. The molecule has 3 heterocycles. The molecule has 0 saturated carbocycles. The minimum absolute atomic E-state index is 0.0934. The molecule has 7 nitrogen and oxygen atoms in total. The van der Waals surface area contributed by atoms with Gasteiger partial charge in [0, 0.05) is 31.9 Å². The molecule has 2 fully saturated rings. The smallest absolute Gasteiger partial charge is 0.375 e. The Morgan fingerprint density at radius 2 is 1.89 bits per heavy atom. The van der Waals surface area contributed by atoms with Gasteiger partial charge >= 0.3 is 12.2 Å². The van der Waals surface area contributed by atoms with Gasteiger partial charge in [-0.3, -0.25) is 0 Å². The van der Waals surface area contributed by atoms with Gasteiger partial charge in [-0.1, -0.05) is 23.5 Å². The SMILES string of the molecule is COC1(c2ccc(NC(=O)N3CCC(Nc4nc5ccc(C(F)(F)F)cc5s4)CC3)cc2)COC1. The number of rotatable bonds is 5. The van der Waals surface area contributed by atoms with Gasteiger partial charge in [0.05, 0.1) is 29.0 Å². The van der Waals surface area contributed by atoms with E-state index in [0.717, 1.165) is 17.7 Å². The number of piperidine rings is 1. The van der Waals surface area contributed by atoms with Crippen molar-refractivity contribution in [3.63, 3.8) is 0 Å². The number of hydrogen-bond acceptors (Lipinski definition) is 6. The zero-order valence-corrected chi connectivity index (χ0v) is 19.8. The summed E-state index contributed by atoms with van der Waals surface area (Å²) in [4.78, 5) is 18.9. The van der Waals surface area contributed by atoms with E-state index < -0.39 is 17.3 Å². The molecule has 5 rings (SSSR count). The summed E-state index contributed by atoms with van der Waals surface area (Å²) >= 11 is 1.21. The van der Waals surface area contributed by atoms with Crippen molar-refractivity contribution in [3.8, 4) is 0 Å². The van der Waals surface area contributed by atoms with Gasteiger partial charge in [0.1, 0.15) is 5.60 Å². The first kappa shape index (κ1) is 23.8. The van der Waals surface area contributed by atoms with E-state index in [-0.39, 0.29) is 12.1 Å². The largest absolute Gasteiger partial charge is 0.416 e. The summed E-state index contributed by atoms with van der Waals surface area (Å²) in [5, 5.41) is 6.85. The Morgan fingerprint density at radius 3 is 2.49 bits per heavy atom. The quantitative estimate of drug-likeness (QED) is 0.492. The fourth-order valence-corrected chi connectivity index (χ4v) is 5.30. The second kappa shape index (κ2) is 9.29. The number of thiazole rings is 1. The van der Waals surface area contributed by atoms with Crippen LogP contribution in [0.5, 0.6) is 0 Å². The zero-order chi connectivity index (χ0) is 24.6. The van der Waals surface area contributed by atoms with Crippen LogP contribution in [0.3, 0.4) is 0 Å². The van der Waals surface area contributed by atoms with Gasteiger partial charge < -0.3 is 25.0 Å². The lowest BCUT2D eigenvalue weighted by molar-refractivity contribution is -0.202. The lowest BCUT2D eigenvalue weighted by atomic mass is 9.91. The number of alkyl halides is 3. The number of carbonyl (C=O) groups is 1. The van der Waals surface area contributed by atoms with E-state index in [1.807, 2.05) is 24.3 Å². The van der Waals surface area contributed by atoms with Crippen LogP contribution in [0.25, 0.3) is 10.2 Å². The van der Waals surface area contributed by atoms with Crippen molar-refractivity contribution in [1.29, 1.82) is 0 Å². The predicted octanol–water partition coefficient (Wildman–Crippen LogP) is 5.30. The molecular formula is C24H25F3N4O3S. The summed E-state index contributed by atoms with van der Waals surface area (Å²) in [6.07, 6.45) is -2.95. The number of hydrogen-bond donors (Lipinski definition) is 2. The van der Waals surface area contributed by atoms with Crippen LogP contribution >= 0.6 is 11.3 Å². The number of amides is 2. The summed E-state index contributed by atoms with van der Waals surface area (Å²) in [5.41, 5.74) is 1.18. The van der Waals surface area contributed by atoms with Gasteiger partial charge in [0.2, 0.25) is 0 Å². The van der Waals surface area contributed by atoms with Crippen molar-refractivity contribution in [3.05, 3.63) is 53.6 Å². The van der Waals surface area contributed by atoms with Crippen LogP contribution in [0.1, 0.15) is 24.0 Å². The highest BCUT2D eigenvalue weighted by atomic mass is 32.1. The van der Waals surface area contributed by atoms with E-state index in [1.54, 1.807) is 12.0 Å². The van der Waals surface area contributed by atoms with E-state index in [0.29, 0.717) is 60.2 Å². The number of fused-ring (bicyclic) bond motifs is 1. The molecule has 0 bridgehead atoms. The fraction of sp³-hybridized carbons (Fsp3) is 0.417. The molecule has 0 radical (unpaired) electrons. The number of nitrogens with zero attached hydrogens (tertiary/aromatic N) is 2. The number of halogens is 3. The first-order chi connectivity index (χ1) is 16.8. The van der Waals surface area contributed by atoms with Crippen LogP contribution in [-0.2, 0) is 21.3 Å². The lowest BCUT2D eigenvalue weighted by Gasteiger charge is -2.40. The van der Waals surface area contributed by atoms with Gasteiger partial charge in [0.25, 0.3) is 0 Å². The van der Waals surface area contributed by atoms with Gasteiger partial charge in [-0.25, -0.2) is 9.78 Å². The summed E-state index contributed by atoms with van der Waals surface area (Å²) < 4.78 is 50.2. The Balaban J connectivity index is 1.14. The van der Waals surface area contributed by atoms with Crippen molar-refractivity contribution in [2.75, 3.05) is 44.0 Å². The molecule has 11 heteroatoms. The minimum Gasteiger partial charge on any atom is -0.375 e. The fourth-order valence-electron chi connectivity index (χ4n) is 4.31. The minimum atomic E-state index is -4.38. The maximum absolute atomic E-state index is 13.0. The van der Waals surface area contributed by atoms with Gasteiger partial charge in [-0.2, -0.15) is 13.2 Å². The molecule has 0 unspecified atom stereocenters. The molecule has 2 aliphatic rings. The number of likely N-dealkylation sites (tertiary alicyclic amines) is 1. The van der Waals surface area contributed by atoms with Crippen LogP contribution in [-0.4, -0.2) is 55.4 Å². The molecule has 2 aliphatic heterocycles. The molecule has 0 aliphatic carbocycles. The molecule has 186 valence electrons. The number of ether oxygens (including phenoxy) is 2. The number of methoxy groups -OCH3 is 1. The van der Waals surface area contributed by atoms with Crippen LogP contribution < -0.4 is 10.6 Å². The van der Waals surface area contributed by atoms with Crippen molar-refractivity contribution in [2.45, 2.75) is 30.7 Å². The first-order valence-corrected chi connectivity index (χ1v) is 12.1. The summed E-state index contributed by atoms with van der Waals surface area (Å²) in [5.74, 6) is 0. The second-order valence-electron chi connectivity index (χ2n) is 8.80. The summed E-state index contributed by atoms with van der Waals surface area (Å²) in [6, 6.07) is 11.1. The highest BCUT2D eigenvalue weighted by molar-refractivity contribution is 7.22. The summed E-state index contributed by atoms with van der Waals surface area (Å²) in [7, 11) is 1.66. The number of nitrogens with one attached hydrogen (secondary N) is 2. The number of anilines is 2. The Bertz CT molecular complexity index is 1200. The van der Waals surface area contributed by atoms with E-state index >= 15 is 0 Å². The third-order valence-corrected chi connectivity index (χ3v) is 7.50. The average Bonchev–Trinajstić information content (AvgIpc) is 3.21. The molecule has 35 heavy (non-hydrogen) atoms. The Hall–Kier alpha value is -2.89. The Morgan fingerprint density at radius 1 is 1.17 bits per heavy atom. The van der Waals surface area contributed by atoms with Crippen LogP contribution in [0.2, 0.25) is 0 Å². The molecule has 3 aromatic rings.